The zero-order valence-corrected chi connectivity index (χ0v) is 30.0. The first-order valence-corrected chi connectivity index (χ1v) is 18.3. The van der Waals surface area contributed by atoms with Crippen LogP contribution in [0.5, 0.6) is 0 Å². The van der Waals surface area contributed by atoms with Gasteiger partial charge in [-0.25, -0.2) is 0 Å². The van der Waals surface area contributed by atoms with E-state index in [1.165, 1.54) is 16.7 Å². The van der Waals surface area contributed by atoms with Crippen LogP contribution in [0, 0.1) is 0 Å². The second-order valence-electron chi connectivity index (χ2n) is 13.1. The lowest BCUT2D eigenvalue weighted by Crippen LogP contribution is -2.09. The molecule has 0 saturated carbocycles. The lowest BCUT2D eigenvalue weighted by Gasteiger charge is -2.25. The van der Waals surface area contributed by atoms with Crippen LogP contribution in [-0.4, -0.2) is 0 Å². The number of rotatable bonds is 11. The number of anilines is 6. The first kappa shape index (κ1) is 34.0. The predicted molar refractivity (Wildman–Crippen MR) is 232 cm³/mol. The van der Waals surface area contributed by atoms with Gasteiger partial charge in [0.1, 0.15) is 0 Å². The highest BCUT2D eigenvalue weighted by Crippen LogP contribution is 2.36. The highest BCUT2D eigenvalue weighted by molar-refractivity contribution is 5.83. The topological polar surface area (TPSA) is 6.48 Å². The van der Waals surface area contributed by atoms with E-state index >= 15 is 0 Å². The number of hydrogen-bond acceptors (Lipinski definition) is 2. The summed E-state index contributed by atoms with van der Waals surface area (Å²) in [5.41, 5.74) is 13.8. The van der Waals surface area contributed by atoms with E-state index in [0.29, 0.717) is 0 Å². The molecule has 8 aromatic rings. The van der Waals surface area contributed by atoms with Crippen LogP contribution in [0.1, 0.15) is 22.3 Å². The smallest absolute Gasteiger partial charge is 0.0462 e. The van der Waals surface area contributed by atoms with Crippen molar-refractivity contribution in [2.75, 3.05) is 9.80 Å². The van der Waals surface area contributed by atoms with Crippen molar-refractivity contribution in [2.45, 2.75) is 0 Å². The second-order valence-corrected chi connectivity index (χ2v) is 13.1. The fourth-order valence-corrected chi connectivity index (χ4v) is 6.73. The molecule has 0 unspecified atom stereocenters. The molecule has 0 saturated heterocycles. The highest BCUT2D eigenvalue weighted by atomic mass is 15.1. The van der Waals surface area contributed by atoms with Gasteiger partial charge >= 0.3 is 0 Å². The van der Waals surface area contributed by atoms with Crippen LogP contribution in [0.4, 0.5) is 34.1 Å². The van der Waals surface area contributed by atoms with Gasteiger partial charge < -0.3 is 9.80 Å². The molecule has 0 amide bonds. The van der Waals surface area contributed by atoms with Gasteiger partial charge in [0.2, 0.25) is 0 Å². The fourth-order valence-electron chi connectivity index (χ4n) is 6.73. The van der Waals surface area contributed by atoms with Crippen molar-refractivity contribution >= 4 is 58.4 Å². The quantitative estimate of drug-likeness (QED) is 0.125. The van der Waals surface area contributed by atoms with Crippen LogP contribution in [0.25, 0.3) is 35.4 Å². The van der Waals surface area contributed by atoms with E-state index in [1.54, 1.807) is 0 Å². The SMILES string of the molecule is C(=Cc1ccc(N(c2ccccc2)c2ccccc2)cc1)c1ccc(-c2ccccc2C=Cc2ccc(N(c3ccccc3)c3ccccc3)cc2)cc1. The minimum Gasteiger partial charge on any atom is -0.311 e. The second kappa shape index (κ2) is 16.5. The molecule has 0 atom stereocenters. The summed E-state index contributed by atoms with van der Waals surface area (Å²) in [6.45, 7) is 0. The Hall–Kier alpha value is -7.16. The van der Waals surface area contributed by atoms with Crippen LogP contribution in [0.2, 0.25) is 0 Å². The van der Waals surface area contributed by atoms with Gasteiger partial charge in [0, 0.05) is 34.1 Å². The van der Waals surface area contributed by atoms with E-state index in [9.17, 15) is 0 Å². The molecule has 0 spiro atoms. The maximum absolute atomic E-state index is 2.28. The Morgan fingerprint density at radius 1 is 0.241 bits per heavy atom. The molecule has 8 aromatic carbocycles. The van der Waals surface area contributed by atoms with Crippen molar-refractivity contribution in [2.24, 2.45) is 0 Å². The molecular weight excluding hydrogens is 653 g/mol. The van der Waals surface area contributed by atoms with Gasteiger partial charge in [-0.1, -0.05) is 170 Å². The minimum absolute atomic E-state index is 1.12. The number of para-hydroxylation sites is 4. The average Bonchev–Trinajstić information content (AvgIpc) is 3.25. The molecule has 54 heavy (non-hydrogen) atoms. The van der Waals surface area contributed by atoms with E-state index in [1.807, 2.05) is 0 Å². The van der Waals surface area contributed by atoms with Crippen LogP contribution >= 0.6 is 0 Å². The molecular formula is C52H40N2. The van der Waals surface area contributed by atoms with Gasteiger partial charge in [0.15, 0.2) is 0 Å². The lowest BCUT2D eigenvalue weighted by atomic mass is 9.97. The summed E-state index contributed by atoms with van der Waals surface area (Å²) >= 11 is 0. The molecule has 0 bridgehead atoms. The molecule has 0 aliphatic rings. The molecule has 258 valence electrons. The van der Waals surface area contributed by atoms with Gasteiger partial charge in [-0.15, -0.1) is 0 Å². The Bertz CT molecular complexity index is 2360. The normalized spacial score (nSPS) is 11.2. The molecule has 0 aromatic heterocycles. The molecule has 8 rings (SSSR count). The zero-order valence-electron chi connectivity index (χ0n) is 30.0. The van der Waals surface area contributed by atoms with Crippen molar-refractivity contribution in [3.05, 3.63) is 241 Å². The molecule has 0 N–H and O–H groups in total. The van der Waals surface area contributed by atoms with Crippen LogP contribution < -0.4 is 9.80 Å². The summed E-state index contributed by atoms with van der Waals surface area (Å²) in [6, 6.07) is 76.9. The van der Waals surface area contributed by atoms with Crippen molar-refractivity contribution in [1.29, 1.82) is 0 Å². The molecule has 0 aliphatic heterocycles. The Kier molecular flexibility index (Phi) is 10.3. The summed E-state index contributed by atoms with van der Waals surface area (Å²) in [6.07, 6.45) is 8.76. The van der Waals surface area contributed by atoms with Crippen molar-refractivity contribution in [3.63, 3.8) is 0 Å². The first-order valence-electron chi connectivity index (χ1n) is 18.3. The minimum atomic E-state index is 1.12. The van der Waals surface area contributed by atoms with Crippen LogP contribution in [-0.2, 0) is 0 Å². The maximum Gasteiger partial charge on any atom is 0.0462 e. The highest BCUT2D eigenvalue weighted by Gasteiger charge is 2.13. The Balaban J connectivity index is 0.963. The third-order valence-electron chi connectivity index (χ3n) is 9.47. The van der Waals surface area contributed by atoms with E-state index in [4.69, 9.17) is 0 Å². The molecule has 0 aliphatic carbocycles. The summed E-state index contributed by atoms with van der Waals surface area (Å²) in [5, 5.41) is 0. The van der Waals surface area contributed by atoms with Gasteiger partial charge in [-0.05, 0) is 106 Å². The third-order valence-corrected chi connectivity index (χ3v) is 9.47. The first-order chi connectivity index (χ1) is 26.8. The third kappa shape index (κ3) is 7.99. The van der Waals surface area contributed by atoms with E-state index in [2.05, 4.69) is 252 Å². The molecule has 0 heterocycles. The summed E-state index contributed by atoms with van der Waals surface area (Å²) in [4.78, 5) is 4.56. The van der Waals surface area contributed by atoms with E-state index in [-0.39, 0.29) is 0 Å². The molecule has 0 fully saturated rings. The van der Waals surface area contributed by atoms with E-state index < -0.39 is 0 Å². The number of nitrogens with zero attached hydrogens (tertiary/aromatic N) is 2. The summed E-state index contributed by atoms with van der Waals surface area (Å²) in [7, 11) is 0. The zero-order chi connectivity index (χ0) is 36.4. The van der Waals surface area contributed by atoms with Gasteiger partial charge in [-0.3, -0.25) is 0 Å². The van der Waals surface area contributed by atoms with Gasteiger partial charge in [0.25, 0.3) is 0 Å². The largest absolute Gasteiger partial charge is 0.311 e. The monoisotopic (exact) mass is 692 g/mol. The molecule has 2 nitrogen and oxygen atoms in total. The van der Waals surface area contributed by atoms with Gasteiger partial charge in [0.05, 0.1) is 0 Å². The average molecular weight is 693 g/mol. The summed E-state index contributed by atoms with van der Waals surface area (Å²) in [5.74, 6) is 0. The fraction of sp³-hybridized carbons (Fsp3) is 0. The van der Waals surface area contributed by atoms with Crippen molar-refractivity contribution < 1.29 is 0 Å². The molecule has 2 heteroatoms. The Morgan fingerprint density at radius 2 is 0.537 bits per heavy atom. The van der Waals surface area contributed by atoms with Crippen LogP contribution in [0.3, 0.4) is 0 Å². The number of hydrogen-bond donors (Lipinski definition) is 0. The Labute approximate surface area is 318 Å². The number of benzene rings is 8. The predicted octanol–water partition coefficient (Wildman–Crippen LogP) is 14.6. The Morgan fingerprint density at radius 3 is 0.926 bits per heavy atom. The van der Waals surface area contributed by atoms with E-state index in [0.717, 1.165) is 50.8 Å². The maximum atomic E-state index is 2.28. The standard InChI is InChI=1S/C52H40N2/c1-5-16-46(17-6-1)53(47-18-7-2-8-19-47)50-37-30-42(31-38-50)26-25-41-28-35-45(36-29-41)52-24-14-13-15-44(52)34-27-43-32-39-51(40-33-43)54(48-20-9-3-10-21-48)49-22-11-4-12-23-49/h1-40H. The lowest BCUT2D eigenvalue weighted by molar-refractivity contribution is 1.28. The van der Waals surface area contributed by atoms with Gasteiger partial charge in [-0.2, -0.15) is 0 Å². The summed E-state index contributed by atoms with van der Waals surface area (Å²) < 4.78 is 0. The van der Waals surface area contributed by atoms with Crippen molar-refractivity contribution in [3.8, 4) is 11.1 Å². The van der Waals surface area contributed by atoms with Crippen molar-refractivity contribution in [1.82, 2.24) is 0 Å². The van der Waals surface area contributed by atoms with Crippen LogP contribution in [0.15, 0.2) is 218 Å². The molecule has 0 radical (unpaired) electrons.